The molecule has 4 heteroatoms. The van der Waals surface area contributed by atoms with Gasteiger partial charge in [0.05, 0.1) is 0 Å². The Labute approximate surface area is 170 Å². The van der Waals surface area contributed by atoms with Crippen LogP contribution in [0.3, 0.4) is 0 Å². The molecule has 1 atom stereocenters. The molecule has 3 nitrogen and oxygen atoms in total. The second-order valence-corrected chi connectivity index (χ2v) is 7.48. The van der Waals surface area contributed by atoms with Crippen LogP contribution in [0.4, 0.5) is 4.39 Å². The molecule has 150 valence electrons. The van der Waals surface area contributed by atoms with E-state index >= 15 is 0 Å². The normalized spacial score (nSPS) is 15.2. The van der Waals surface area contributed by atoms with Crippen LogP contribution in [0.1, 0.15) is 62.1 Å². The molecule has 0 radical (unpaired) electrons. The van der Waals surface area contributed by atoms with Crippen LogP contribution in [0, 0.1) is 5.82 Å². The van der Waals surface area contributed by atoms with E-state index in [1.165, 1.54) is 6.07 Å². The van der Waals surface area contributed by atoms with Crippen LogP contribution in [-0.4, -0.2) is 11.6 Å². The lowest BCUT2D eigenvalue weighted by atomic mass is 9.89. The van der Waals surface area contributed by atoms with Gasteiger partial charge in [-0.3, -0.25) is 9.59 Å². The lowest BCUT2D eigenvalue weighted by molar-refractivity contribution is -0.115. The van der Waals surface area contributed by atoms with E-state index in [1.807, 2.05) is 50.3 Å². The molecule has 0 aromatic heterocycles. The maximum atomic E-state index is 14.6. The predicted octanol–water partition coefficient (Wildman–Crippen LogP) is 6.16. The fourth-order valence-corrected chi connectivity index (χ4v) is 3.60. The Morgan fingerprint density at radius 3 is 2.52 bits per heavy atom. The van der Waals surface area contributed by atoms with Crippen LogP contribution in [0.5, 0.6) is 5.75 Å². The molecule has 1 aliphatic carbocycles. The SMILES string of the molecule is CC1=CC(C)=C(CCC(=O)c2ccc([C@H](C)Oc3ccccc3)c(F)c2)C(=O)C1. The van der Waals surface area contributed by atoms with Gasteiger partial charge in [0.25, 0.3) is 0 Å². The highest BCUT2D eigenvalue weighted by atomic mass is 19.1. The van der Waals surface area contributed by atoms with Crippen LogP contribution in [-0.2, 0) is 4.79 Å². The molecule has 29 heavy (non-hydrogen) atoms. The van der Waals surface area contributed by atoms with E-state index in [2.05, 4.69) is 0 Å². The summed E-state index contributed by atoms with van der Waals surface area (Å²) in [6, 6.07) is 13.7. The molecule has 0 bridgehead atoms. The van der Waals surface area contributed by atoms with Crippen molar-refractivity contribution in [3.8, 4) is 5.75 Å². The third kappa shape index (κ3) is 5.08. The summed E-state index contributed by atoms with van der Waals surface area (Å²) in [7, 11) is 0. The standard InChI is InChI=1S/C25H25FO3/c1-16-13-17(2)21(25(28)14-16)11-12-24(27)19-9-10-22(23(26)15-19)18(3)29-20-7-5-4-6-8-20/h4-10,13,15,18H,11-12,14H2,1-3H3/t18-/m0/s1. The summed E-state index contributed by atoms with van der Waals surface area (Å²) in [6.45, 7) is 5.59. The van der Waals surface area contributed by atoms with Crippen molar-refractivity contribution in [1.29, 1.82) is 0 Å². The van der Waals surface area contributed by atoms with Crippen molar-refractivity contribution in [3.63, 3.8) is 0 Å². The van der Waals surface area contributed by atoms with Crippen LogP contribution in [0.15, 0.2) is 71.3 Å². The molecule has 0 unspecified atom stereocenters. The first-order chi connectivity index (χ1) is 13.8. The number of halogens is 1. The van der Waals surface area contributed by atoms with E-state index in [0.717, 1.165) is 11.1 Å². The zero-order chi connectivity index (χ0) is 21.0. The number of hydrogen-bond acceptors (Lipinski definition) is 3. The molecule has 0 spiro atoms. The molecule has 3 rings (SSSR count). The summed E-state index contributed by atoms with van der Waals surface area (Å²) in [5.74, 6) is 0.0850. The van der Waals surface area contributed by atoms with Gasteiger partial charge in [0.15, 0.2) is 11.6 Å². The Hall–Kier alpha value is -3.01. The average Bonchev–Trinajstić information content (AvgIpc) is 2.67. The second kappa shape index (κ2) is 8.99. The van der Waals surface area contributed by atoms with E-state index in [0.29, 0.717) is 35.3 Å². The molecular weight excluding hydrogens is 367 g/mol. The Balaban J connectivity index is 1.67. The minimum absolute atomic E-state index is 0.0729. The first-order valence-electron chi connectivity index (χ1n) is 9.79. The molecule has 0 heterocycles. The third-order valence-corrected chi connectivity index (χ3v) is 5.13. The minimum atomic E-state index is -0.482. The van der Waals surface area contributed by atoms with E-state index in [-0.39, 0.29) is 18.0 Å². The monoisotopic (exact) mass is 392 g/mol. The molecule has 2 aromatic rings. The lowest BCUT2D eigenvalue weighted by Gasteiger charge is -2.17. The van der Waals surface area contributed by atoms with Gasteiger partial charge in [-0.05, 0) is 56.5 Å². The van der Waals surface area contributed by atoms with Gasteiger partial charge in [-0.25, -0.2) is 4.39 Å². The van der Waals surface area contributed by atoms with Gasteiger partial charge in [0.2, 0.25) is 0 Å². The van der Waals surface area contributed by atoms with E-state index < -0.39 is 11.9 Å². The molecule has 0 fully saturated rings. The molecule has 0 saturated heterocycles. The van der Waals surface area contributed by atoms with Crippen molar-refractivity contribution >= 4 is 11.6 Å². The van der Waals surface area contributed by atoms with Crippen LogP contribution >= 0.6 is 0 Å². The number of benzene rings is 2. The molecule has 2 aromatic carbocycles. The predicted molar refractivity (Wildman–Crippen MR) is 112 cm³/mol. The van der Waals surface area contributed by atoms with E-state index in [4.69, 9.17) is 4.74 Å². The van der Waals surface area contributed by atoms with E-state index in [9.17, 15) is 14.0 Å². The second-order valence-electron chi connectivity index (χ2n) is 7.48. The van der Waals surface area contributed by atoms with Gasteiger partial charge in [-0.15, -0.1) is 0 Å². The van der Waals surface area contributed by atoms with Crippen molar-refractivity contribution in [3.05, 3.63) is 88.3 Å². The fraction of sp³-hybridized carbons (Fsp3) is 0.280. The Morgan fingerprint density at radius 1 is 1.14 bits per heavy atom. The van der Waals surface area contributed by atoms with Crippen molar-refractivity contribution in [2.75, 3.05) is 0 Å². The number of ether oxygens (including phenoxy) is 1. The maximum Gasteiger partial charge on any atom is 0.163 e. The third-order valence-electron chi connectivity index (χ3n) is 5.13. The van der Waals surface area contributed by atoms with Crippen LogP contribution < -0.4 is 4.74 Å². The zero-order valence-corrected chi connectivity index (χ0v) is 17.0. The van der Waals surface area contributed by atoms with Gasteiger partial charge in [0.1, 0.15) is 17.7 Å². The number of carbonyl (C=O) groups excluding carboxylic acids is 2. The van der Waals surface area contributed by atoms with Crippen LogP contribution in [0.25, 0.3) is 0 Å². The van der Waals surface area contributed by atoms with Gasteiger partial charge in [-0.2, -0.15) is 0 Å². The van der Waals surface area contributed by atoms with Gasteiger partial charge in [0, 0.05) is 24.0 Å². The van der Waals surface area contributed by atoms with Gasteiger partial charge >= 0.3 is 0 Å². The molecule has 0 aliphatic heterocycles. The topological polar surface area (TPSA) is 43.4 Å². The quantitative estimate of drug-likeness (QED) is 0.530. The molecule has 0 amide bonds. The molecule has 0 saturated carbocycles. The number of para-hydroxylation sites is 1. The first kappa shape index (κ1) is 20.7. The Bertz CT molecular complexity index is 986. The van der Waals surface area contributed by atoms with Gasteiger partial charge < -0.3 is 4.74 Å². The fourth-order valence-electron chi connectivity index (χ4n) is 3.60. The average molecular weight is 392 g/mol. The summed E-state index contributed by atoms with van der Waals surface area (Å²) in [4.78, 5) is 24.7. The number of Topliss-reactive ketones (excluding diaryl/α,β-unsaturated/α-hetero) is 2. The van der Waals surface area contributed by atoms with E-state index in [1.54, 1.807) is 19.1 Å². The van der Waals surface area contributed by atoms with Crippen LogP contribution in [0.2, 0.25) is 0 Å². The molecular formula is C25H25FO3. The molecule has 1 aliphatic rings. The maximum absolute atomic E-state index is 14.6. The summed E-state index contributed by atoms with van der Waals surface area (Å²) < 4.78 is 20.4. The Morgan fingerprint density at radius 2 is 1.86 bits per heavy atom. The van der Waals surface area contributed by atoms with Crippen molar-refractivity contribution < 1.29 is 18.7 Å². The number of ketones is 2. The zero-order valence-electron chi connectivity index (χ0n) is 17.0. The number of hydrogen-bond donors (Lipinski definition) is 0. The lowest BCUT2D eigenvalue weighted by Crippen LogP contribution is -2.12. The first-order valence-corrected chi connectivity index (χ1v) is 9.79. The largest absolute Gasteiger partial charge is 0.486 e. The number of rotatable bonds is 7. The number of allylic oxidation sites excluding steroid dienone is 4. The van der Waals surface area contributed by atoms with Crippen molar-refractivity contribution in [2.24, 2.45) is 0 Å². The van der Waals surface area contributed by atoms with Crippen molar-refractivity contribution in [2.45, 2.75) is 46.1 Å². The highest BCUT2D eigenvalue weighted by Gasteiger charge is 2.20. The number of carbonyl (C=O) groups is 2. The highest BCUT2D eigenvalue weighted by Crippen LogP contribution is 2.27. The molecule has 0 N–H and O–H groups in total. The van der Waals surface area contributed by atoms with Crippen molar-refractivity contribution in [1.82, 2.24) is 0 Å². The Kier molecular flexibility index (Phi) is 6.42. The summed E-state index contributed by atoms with van der Waals surface area (Å²) in [6.07, 6.45) is 2.47. The summed E-state index contributed by atoms with van der Waals surface area (Å²) in [5.41, 5.74) is 3.36. The summed E-state index contributed by atoms with van der Waals surface area (Å²) in [5, 5.41) is 0. The van der Waals surface area contributed by atoms with Gasteiger partial charge in [-0.1, -0.05) is 42.0 Å². The highest BCUT2D eigenvalue weighted by molar-refractivity contribution is 6.01. The minimum Gasteiger partial charge on any atom is -0.486 e. The summed E-state index contributed by atoms with van der Waals surface area (Å²) >= 11 is 0. The smallest absolute Gasteiger partial charge is 0.163 e.